The first-order chi connectivity index (χ1) is 17.2. The predicted molar refractivity (Wildman–Crippen MR) is 134 cm³/mol. The lowest BCUT2D eigenvalue weighted by Gasteiger charge is -2.45. The molecule has 2 aliphatic heterocycles. The highest BCUT2D eigenvalue weighted by atomic mass is 16.5. The Morgan fingerprint density at radius 1 is 1.03 bits per heavy atom. The molecule has 1 unspecified atom stereocenters. The summed E-state index contributed by atoms with van der Waals surface area (Å²) in [7, 11) is 1.32. The topological polar surface area (TPSA) is 84.0 Å². The zero-order valence-electron chi connectivity index (χ0n) is 21.0. The number of amides is 1. The van der Waals surface area contributed by atoms with Gasteiger partial charge >= 0.3 is 5.97 Å². The maximum Gasteiger partial charge on any atom is 0.335 e. The molecule has 1 fully saturated rings. The molecule has 2 aromatic rings. The first kappa shape index (κ1) is 24.1. The number of anilines is 1. The number of methoxy groups -OCH3 is 1. The van der Waals surface area contributed by atoms with Gasteiger partial charge in [0.25, 0.3) is 0 Å². The second kappa shape index (κ2) is 8.82. The third kappa shape index (κ3) is 3.45. The SMILES string of the molecule is COC(=O)C1=C2N(C(C)=O)c3ccc(C(C)=O)cc3C23CCN(Cc2ccccc2)[C@H]3[C@H](C(C)=O)C1. The summed E-state index contributed by atoms with van der Waals surface area (Å²) < 4.78 is 5.17. The van der Waals surface area contributed by atoms with Crippen LogP contribution in [0, 0.1) is 5.92 Å². The molecule has 0 N–H and O–H groups in total. The third-order valence-corrected chi connectivity index (χ3v) is 8.05. The average molecular weight is 487 g/mol. The van der Waals surface area contributed by atoms with Gasteiger partial charge in [-0.1, -0.05) is 30.3 Å². The summed E-state index contributed by atoms with van der Waals surface area (Å²) in [5.74, 6) is -1.30. The van der Waals surface area contributed by atoms with Gasteiger partial charge in [-0.15, -0.1) is 0 Å². The van der Waals surface area contributed by atoms with Gasteiger partial charge in [0, 0.05) is 43.2 Å². The number of ether oxygens (including phenoxy) is 1. The van der Waals surface area contributed by atoms with E-state index in [0.29, 0.717) is 42.0 Å². The Hall–Kier alpha value is -3.58. The zero-order chi connectivity index (χ0) is 25.8. The van der Waals surface area contributed by atoms with E-state index in [0.717, 1.165) is 11.1 Å². The van der Waals surface area contributed by atoms with Gasteiger partial charge in [-0.2, -0.15) is 0 Å². The van der Waals surface area contributed by atoms with Gasteiger partial charge in [0.05, 0.1) is 23.8 Å². The molecule has 5 rings (SSSR count). The number of Topliss-reactive ketones (excluding diaryl/α,β-unsaturated/α-hetero) is 2. The van der Waals surface area contributed by atoms with Crippen molar-refractivity contribution >= 4 is 29.1 Å². The van der Waals surface area contributed by atoms with Crippen molar-refractivity contribution in [2.24, 2.45) is 5.92 Å². The first-order valence-electron chi connectivity index (χ1n) is 12.3. The third-order valence-electron chi connectivity index (χ3n) is 8.05. The molecule has 0 bridgehead atoms. The fraction of sp³-hybridized carbons (Fsp3) is 0.379. The van der Waals surface area contributed by atoms with Crippen LogP contribution in [0.5, 0.6) is 0 Å². The van der Waals surface area contributed by atoms with Crippen LogP contribution >= 0.6 is 0 Å². The Bertz CT molecular complexity index is 1310. The van der Waals surface area contributed by atoms with Gasteiger partial charge in [-0.25, -0.2) is 4.79 Å². The Morgan fingerprint density at radius 3 is 2.36 bits per heavy atom. The second-order valence-corrected chi connectivity index (χ2v) is 10.0. The smallest absolute Gasteiger partial charge is 0.335 e. The molecule has 1 amide bonds. The lowest BCUT2D eigenvalue weighted by atomic mass is 9.62. The Labute approximate surface area is 210 Å². The minimum Gasteiger partial charge on any atom is -0.466 e. The van der Waals surface area contributed by atoms with E-state index in [1.54, 1.807) is 24.0 Å². The quantitative estimate of drug-likeness (QED) is 0.472. The molecule has 1 aliphatic carbocycles. The molecule has 186 valence electrons. The average Bonchev–Trinajstić information content (AvgIpc) is 3.38. The van der Waals surface area contributed by atoms with Gasteiger partial charge in [0.1, 0.15) is 5.78 Å². The number of esters is 1. The van der Waals surface area contributed by atoms with Crippen LogP contribution in [0.15, 0.2) is 59.8 Å². The van der Waals surface area contributed by atoms with Crippen LogP contribution in [0.1, 0.15) is 55.1 Å². The monoisotopic (exact) mass is 486 g/mol. The molecule has 2 aromatic carbocycles. The van der Waals surface area contributed by atoms with Crippen LogP contribution in [0.4, 0.5) is 5.69 Å². The molecule has 7 nitrogen and oxygen atoms in total. The zero-order valence-corrected chi connectivity index (χ0v) is 21.0. The summed E-state index contributed by atoms with van der Waals surface area (Å²) in [6, 6.07) is 15.2. The summed E-state index contributed by atoms with van der Waals surface area (Å²) in [5.41, 5.74) is 3.34. The number of hydrogen-bond donors (Lipinski definition) is 0. The van der Waals surface area contributed by atoms with E-state index < -0.39 is 17.3 Å². The van der Waals surface area contributed by atoms with Crippen molar-refractivity contribution in [2.45, 2.75) is 51.6 Å². The van der Waals surface area contributed by atoms with Crippen LogP contribution in [0.25, 0.3) is 0 Å². The number of ketones is 2. The Kier molecular flexibility index (Phi) is 5.91. The highest BCUT2D eigenvalue weighted by Crippen LogP contribution is 2.62. The van der Waals surface area contributed by atoms with Crippen LogP contribution in [0.2, 0.25) is 0 Å². The van der Waals surface area contributed by atoms with Gasteiger partial charge in [0.15, 0.2) is 5.78 Å². The number of nitrogens with zero attached hydrogens (tertiary/aromatic N) is 2. The predicted octanol–water partition coefficient (Wildman–Crippen LogP) is 3.80. The number of carbonyl (C=O) groups is 4. The van der Waals surface area contributed by atoms with E-state index in [9.17, 15) is 19.2 Å². The number of hydrogen-bond acceptors (Lipinski definition) is 6. The lowest BCUT2D eigenvalue weighted by molar-refractivity contribution is -0.137. The first-order valence-corrected chi connectivity index (χ1v) is 12.3. The van der Waals surface area contributed by atoms with Crippen LogP contribution in [0.3, 0.4) is 0 Å². The molecule has 36 heavy (non-hydrogen) atoms. The molecule has 3 aliphatic rings. The van der Waals surface area contributed by atoms with Crippen LogP contribution in [-0.4, -0.2) is 48.0 Å². The molecule has 7 heteroatoms. The summed E-state index contributed by atoms with van der Waals surface area (Å²) in [6.07, 6.45) is 0.814. The number of rotatable bonds is 5. The number of benzene rings is 2. The molecule has 1 spiro atoms. The molecule has 2 heterocycles. The van der Waals surface area contributed by atoms with Gasteiger partial charge in [-0.05, 0) is 56.0 Å². The normalized spacial score (nSPS) is 24.7. The van der Waals surface area contributed by atoms with Gasteiger partial charge < -0.3 is 4.74 Å². The summed E-state index contributed by atoms with van der Waals surface area (Å²) in [6.45, 7) is 5.88. The van der Waals surface area contributed by atoms with E-state index in [1.807, 2.05) is 24.3 Å². The standard InChI is InChI=1S/C29H30N2O5/c1-17(32)21-10-11-25-24(14-21)29-12-13-30(16-20-8-6-5-7-9-20)26(29)22(18(2)33)15-23(28(35)36-4)27(29)31(25)19(3)34/h5-11,14,22,26H,12-13,15-16H2,1-4H3/t22-,26-,29?/m0/s1. The minimum absolute atomic E-state index is 0.00895. The van der Waals surface area contributed by atoms with Crippen molar-refractivity contribution in [1.82, 2.24) is 4.90 Å². The lowest BCUT2D eigenvalue weighted by Crippen LogP contribution is -2.54. The minimum atomic E-state index is -0.792. The number of fused-ring (bicyclic) bond motifs is 1. The van der Waals surface area contributed by atoms with E-state index in [1.165, 1.54) is 21.0 Å². The molecule has 0 saturated carbocycles. The van der Waals surface area contributed by atoms with E-state index in [2.05, 4.69) is 17.0 Å². The fourth-order valence-electron chi connectivity index (χ4n) is 6.65. The number of carbonyl (C=O) groups excluding carboxylic acids is 4. The van der Waals surface area contributed by atoms with Crippen LogP contribution in [-0.2, 0) is 31.1 Å². The number of likely N-dealkylation sites (tertiary alicyclic amines) is 1. The van der Waals surface area contributed by atoms with Crippen molar-refractivity contribution in [3.63, 3.8) is 0 Å². The van der Waals surface area contributed by atoms with Crippen molar-refractivity contribution < 1.29 is 23.9 Å². The van der Waals surface area contributed by atoms with E-state index >= 15 is 0 Å². The van der Waals surface area contributed by atoms with E-state index in [-0.39, 0.29) is 29.9 Å². The van der Waals surface area contributed by atoms with Crippen LogP contribution < -0.4 is 4.90 Å². The summed E-state index contributed by atoms with van der Waals surface area (Å²) in [5, 5.41) is 0. The van der Waals surface area contributed by atoms with Gasteiger partial charge in [0.2, 0.25) is 5.91 Å². The molecule has 0 radical (unpaired) electrons. The highest BCUT2D eigenvalue weighted by molar-refractivity contribution is 6.05. The second-order valence-electron chi connectivity index (χ2n) is 10.0. The Morgan fingerprint density at radius 2 is 1.75 bits per heavy atom. The summed E-state index contributed by atoms with van der Waals surface area (Å²) in [4.78, 5) is 55.7. The molecule has 3 atom stereocenters. The van der Waals surface area contributed by atoms with Crippen molar-refractivity contribution in [1.29, 1.82) is 0 Å². The molecule has 0 aromatic heterocycles. The molecular weight excluding hydrogens is 456 g/mol. The maximum absolute atomic E-state index is 13.1. The summed E-state index contributed by atoms with van der Waals surface area (Å²) >= 11 is 0. The largest absolute Gasteiger partial charge is 0.466 e. The molecule has 1 saturated heterocycles. The fourth-order valence-corrected chi connectivity index (χ4v) is 6.65. The van der Waals surface area contributed by atoms with Gasteiger partial charge in [-0.3, -0.25) is 24.2 Å². The highest BCUT2D eigenvalue weighted by Gasteiger charge is 2.64. The van der Waals surface area contributed by atoms with Crippen molar-refractivity contribution in [3.8, 4) is 0 Å². The maximum atomic E-state index is 13.1. The van der Waals surface area contributed by atoms with Crippen molar-refractivity contribution in [3.05, 3.63) is 76.5 Å². The van der Waals surface area contributed by atoms with E-state index in [4.69, 9.17) is 4.74 Å². The molecular formula is C29H30N2O5. The Balaban J connectivity index is 1.80. The van der Waals surface area contributed by atoms with Crippen molar-refractivity contribution in [2.75, 3.05) is 18.6 Å².